The van der Waals surface area contributed by atoms with Crippen molar-refractivity contribution in [1.29, 1.82) is 0 Å². The molecule has 23 heavy (non-hydrogen) atoms. The standard InChI is InChI=1S/C15H16ClN3O4/c1-10-17-7-14(19(20)21)18(10)8-11-9-22-15(2,23-11)12-5-3-4-6-13(12)16/h3-7,11H,8-9H2,1-2H3/t11-,15-/m0/s1. The largest absolute Gasteiger partial charge is 0.358 e. The fourth-order valence-corrected chi connectivity index (χ4v) is 3.04. The maximum absolute atomic E-state index is 11.1. The second kappa shape index (κ2) is 5.92. The van der Waals surface area contributed by atoms with Gasteiger partial charge in [-0.15, -0.1) is 0 Å². The van der Waals surface area contributed by atoms with E-state index in [1.54, 1.807) is 19.9 Å². The Balaban J connectivity index is 1.80. The molecule has 7 nitrogen and oxygen atoms in total. The first-order chi connectivity index (χ1) is 10.9. The van der Waals surface area contributed by atoms with Gasteiger partial charge in [-0.05, 0) is 17.9 Å². The highest BCUT2D eigenvalue weighted by Gasteiger charge is 2.41. The monoisotopic (exact) mass is 337 g/mol. The average molecular weight is 338 g/mol. The number of nitro groups is 1. The van der Waals surface area contributed by atoms with Crippen LogP contribution in [-0.2, 0) is 21.8 Å². The van der Waals surface area contributed by atoms with Crippen LogP contribution in [0.1, 0.15) is 18.3 Å². The van der Waals surface area contributed by atoms with Gasteiger partial charge in [0.05, 0.1) is 6.61 Å². The number of aromatic nitrogens is 2. The summed E-state index contributed by atoms with van der Waals surface area (Å²) >= 11 is 6.21. The Hall–Kier alpha value is -1.96. The zero-order valence-electron chi connectivity index (χ0n) is 12.7. The molecular formula is C15H16ClN3O4. The summed E-state index contributed by atoms with van der Waals surface area (Å²) in [7, 11) is 0. The number of hydrogen-bond acceptors (Lipinski definition) is 5. The van der Waals surface area contributed by atoms with Crippen molar-refractivity contribution < 1.29 is 14.4 Å². The molecule has 1 aliphatic heterocycles. The predicted molar refractivity (Wildman–Crippen MR) is 83.2 cm³/mol. The molecule has 0 bridgehead atoms. The number of rotatable bonds is 4. The Morgan fingerprint density at radius 3 is 2.96 bits per heavy atom. The molecule has 0 unspecified atom stereocenters. The van der Waals surface area contributed by atoms with Gasteiger partial charge < -0.3 is 19.6 Å². The Kier molecular flexibility index (Phi) is 4.09. The van der Waals surface area contributed by atoms with E-state index in [-0.39, 0.29) is 11.9 Å². The number of benzene rings is 1. The van der Waals surface area contributed by atoms with E-state index in [0.717, 1.165) is 5.56 Å². The van der Waals surface area contributed by atoms with Crippen LogP contribution in [0.25, 0.3) is 0 Å². The Labute approximate surface area is 137 Å². The Morgan fingerprint density at radius 2 is 2.26 bits per heavy atom. The first-order valence-corrected chi connectivity index (χ1v) is 7.52. The van der Waals surface area contributed by atoms with E-state index in [4.69, 9.17) is 21.1 Å². The molecule has 2 aromatic rings. The number of halogens is 1. The fourth-order valence-electron chi connectivity index (χ4n) is 2.73. The van der Waals surface area contributed by atoms with E-state index in [2.05, 4.69) is 4.98 Å². The molecule has 2 heterocycles. The van der Waals surface area contributed by atoms with E-state index in [9.17, 15) is 10.1 Å². The number of nitrogens with zero attached hydrogens (tertiary/aromatic N) is 3. The first kappa shape index (κ1) is 15.9. The molecule has 8 heteroatoms. The van der Waals surface area contributed by atoms with Gasteiger partial charge in [0.1, 0.15) is 18.8 Å². The molecule has 0 amide bonds. The summed E-state index contributed by atoms with van der Waals surface area (Å²) < 4.78 is 13.3. The van der Waals surface area contributed by atoms with Crippen LogP contribution < -0.4 is 0 Å². The minimum absolute atomic E-state index is 0.0579. The fraction of sp³-hybridized carbons (Fsp3) is 0.400. The number of ether oxygens (including phenoxy) is 2. The normalized spacial score (nSPS) is 24.0. The van der Waals surface area contributed by atoms with E-state index < -0.39 is 10.7 Å². The van der Waals surface area contributed by atoms with Gasteiger partial charge in [0.15, 0.2) is 11.6 Å². The molecule has 1 aliphatic rings. The molecule has 1 aromatic heterocycles. The van der Waals surface area contributed by atoms with Crippen LogP contribution in [0.3, 0.4) is 0 Å². The second-order valence-electron chi connectivity index (χ2n) is 5.51. The summed E-state index contributed by atoms with van der Waals surface area (Å²) in [6, 6.07) is 7.31. The van der Waals surface area contributed by atoms with Crippen LogP contribution in [0.15, 0.2) is 30.5 Å². The lowest BCUT2D eigenvalue weighted by Gasteiger charge is -2.24. The first-order valence-electron chi connectivity index (χ1n) is 7.14. The highest BCUT2D eigenvalue weighted by atomic mass is 35.5. The predicted octanol–water partition coefficient (Wildman–Crippen LogP) is 3.04. The van der Waals surface area contributed by atoms with Crippen LogP contribution in [0.4, 0.5) is 5.82 Å². The number of aryl methyl sites for hydroxylation is 1. The van der Waals surface area contributed by atoms with Crippen LogP contribution in [0, 0.1) is 17.0 Å². The van der Waals surface area contributed by atoms with E-state index >= 15 is 0 Å². The molecule has 0 N–H and O–H groups in total. The average Bonchev–Trinajstić information content (AvgIpc) is 3.05. The third-order valence-corrected chi connectivity index (χ3v) is 4.24. The Morgan fingerprint density at radius 1 is 1.52 bits per heavy atom. The van der Waals surface area contributed by atoms with Gasteiger partial charge in [-0.1, -0.05) is 29.8 Å². The SMILES string of the molecule is Cc1ncc([N+](=O)[O-])n1C[C@H]1CO[C@](C)(c2ccccc2Cl)O1. The van der Waals surface area contributed by atoms with Crippen molar-refractivity contribution in [3.05, 3.63) is 57.0 Å². The Bertz CT molecular complexity index is 748. The summed E-state index contributed by atoms with van der Waals surface area (Å²) in [5, 5.41) is 11.6. The number of imidazole rings is 1. The van der Waals surface area contributed by atoms with Crippen LogP contribution in [-0.4, -0.2) is 27.2 Å². The molecule has 3 rings (SSSR count). The third kappa shape index (κ3) is 2.95. The smallest absolute Gasteiger partial charge is 0.342 e. The van der Waals surface area contributed by atoms with E-state index in [1.165, 1.54) is 10.8 Å². The molecule has 0 aliphatic carbocycles. The third-order valence-electron chi connectivity index (χ3n) is 3.91. The van der Waals surface area contributed by atoms with Crippen molar-refractivity contribution in [3.63, 3.8) is 0 Å². The van der Waals surface area contributed by atoms with Gasteiger partial charge in [-0.3, -0.25) is 0 Å². The molecule has 1 fully saturated rings. The summed E-state index contributed by atoms with van der Waals surface area (Å²) in [6.07, 6.45) is 0.918. The molecule has 0 saturated carbocycles. The maximum Gasteiger partial charge on any atom is 0.342 e. The minimum atomic E-state index is -0.966. The van der Waals surface area contributed by atoms with Crippen molar-refractivity contribution in [2.45, 2.75) is 32.3 Å². The second-order valence-corrected chi connectivity index (χ2v) is 5.91. The molecule has 0 spiro atoms. The van der Waals surface area contributed by atoms with E-state index in [0.29, 0.717) is 24.0 Å². The lowest BCUT2D eigenvalue weighted by molar-refractivity contribution is -0.392. The lowest BCUT2D eigenvalue weighted by atomic mass is 10.1. The summed E-state index contributed by atoms with van der Waals surface area (Å²) in [4.78, 5) is 14.6. The summed E-state index contributed by atoms with van der Waals surface area (Å²) in [5.74, 6) is -0.462. The molecular weight excluding hydrogens is 322 g/mol. The van der Waals surface area contributed by atoms with Crippen molar-refractivity contribution >= 4 is 17.4 Å². The van der Waals surface area contributed by atoms with Gasteiger partial charge in [0.2, 0.25) is 0 Å². The zero-order valence-corrected chi connectivity index (χ0v) is 13.5. The minimum Gasteiger partial charge on any atom is -0.358 e. The highest BCUT2D eigenvalue weighted by molar-refractivity contribution is 6.31. The molecule has 0 radical (unpaired) electrons. The molecule has 1 aromatic carbocycles. The number of hydrogen-bond donors (Lipinski definition) is 0. The zero-order chi connectivity index (χ0) is 16.6. The van der Waals surface area contributed by atoms with Crippen molar-refractivity contribution in [3.8, 4) is 0 Å². The van der Waals surface area contributed by atoms with Crippen LogP contribution in [0.2, 0.25) is 5.02 Å². The van der Waals surface area contributed by atoms with Crippen molar-refractivity contribution in [2.24, 2.45) is 0 Å². The summed E-state index contributed by atoms with van der Waals surface area (Å²) in [6.45, 7) is 4.12. The quantitative estimate of drug-likeness (QED) is 0.633. The molecule has 1 saturated heterocycles. The molecule has 122 valence electrons. The van der Waals surface area contributed by atoms with Gasteiger partial charge in [-0.2, -0.15) is 0 Å². The summed E-state index contributed by atoms with van der Waals surface area (Å²) in [5.41, 5.74) is 0.737. The van der Waals surface area contributed by atoms with Gasteiger partial charge >= 0.3 is 5.82 Å². The van der Waals surface area contributed by atoms with Crippen molar-refractivity contribution in [2.75, 3.05) is 6.61 Å². The van der Waals surface area contributed by atoms with Crippen molar-refractivity contribution in [1.82, 2.24) is 9.55 Å². The lowest BCUT2D eigenvalue weighted by Crippen LogP contribution is -2.26. The van der Waals surface area contributed by atoms with Gasteiger partial charge in [0, 0.05) is 17.5 Å². The van der Waals surface area contributed by atoms with Crippen LogP contribution >= 0.6 is 11.6 Å². The van der Waals surface area contributed by atoms with Crippen LogP contribution in [0.5, 0.6) is 0 Å². The highest BCUT2D eigenvalue weighted by Crippen LogP contribution is 2.38. The maximum atomic E-state index is 11.1. The van der Waals surface area contributed by atoms with E-state index in [1.807, 2.05) is 18.2 Å². The topological polar surface area (TPSA) is 79.4 Å². The van der Waals surface area contributed by atoms with Gasteiger partial charge in [0.25, 0.3) is 0 Å². The van der Waals surface area contributed by atoms with Gasteiger partial charge in [-0.25, -0.2) is 9.55 Å². The molecule has 2 atom stereocenters.